The average molecular weight is 158 g/mol. The Balaban J connectivity index is 2.36. The standard InChI is InChI=1S/C7H14N2O2/c1-11-7(10)9-5-2-3-8-4-6-9/h8H,2-6H2,1H3. The lowest BCUT2D eigenvalue weighted by Gasteiger charge is -2.17. The van der Waals surface area contributed by atoms with Crippen LogP contribution in [0.25, 0.3) is 0 Å². The van der Waals surface area contributed by atoms with Gasteiger partial charge in [0.25, 0.3) is 0 Å². The van der Waals surface area contributed by atoms with Crippen molar-refractivity contribution in [2.75, 3.05) is 33.3 Å². The number of carbonyl (C=O) groups excluding carboxylic acids is 1. The highest BCUT2D eigenvalue weighted by Gasteiger charge is 2.14. The number of nitrogens with zero attached hydrogens (tertiary/aromatic N) is 1. The highest BCUT2D eigenvalue weighted by Crippen LogP contribution is 1.96. The van der Waals surface area contributed by atoms with E-state index in [0.29, 0.717) is 0 Å². The third kappa shape index (κ3) is 2.38. The fourth-order valence-electron chi connectivity index (χ4n) is 1.16. The van der Waals surface area contributed by atoms with Crippen molar-refractivity contribution in [3.05, 3.63) is 0 Å². The Hall–Kier alpha value is -0.770. The van der Waals surface area contributed by atoms with E-state index in [-0.39, 0.29) is 6.09 Å². The fourth-order valence-corrected chi connectivity index (χ4v) is 1.16. The van der Waals surface area contributed by atoms with E-state index in [0.717, 1.165) is 32.6 Å². The predicted octanol–water partition coefficient (Wildman–Crippen LogP) is 0.0481. The van der Waals surface area contributed by atoms with Gasteiger partial charge in [0.1, 0.15) is 0 Å². The summed E-state index contributed by atoms with van der Waals surface area (Å²) in [6.45, 7) is 3.43. The first kappa shape index (κ1) is 8.33. The Morgan fingerprint density at radius 3 is 3.00 bits per heavy atom. The lowest BCUT2D eigenvalue weighted by atomic mass is 10.4. The third-order valence-corrected chi connectivity index (χ3v) is 1.77. The van der Waals surface area contributed by atoms with Crippen molar-refractivity contribution in [2.45, 2.75) is 6.42 Å². The molecule has 1 N–H and O–H groups in total. The minimum atomic E-state index is -0.214. The molecule has 1 saturated heterocycles. The molecular formula is C7H14N2O2. The van der Waals surface area contributed by atoms with Gasteiger partial charge in [0.2, 0.25) is 0 Å². The first-order valence-corrected chi connectivity index (χ1v) is 3.88. The molecule has 0 aromatic carbocycles. The Morgan fingerprint density at radius 1 is 1.45 bits per heavy atom. The van der Waals surface area contributed by atoms with E-state index in [2.05, 4.69) is 10.1 Å². The van der Waals surface area contributed by atoms with Gasteiger partial charge in [-0.1, -0.05) is 0 Å². The number of rotatable bonds is 0. The zero-order chi connectivity index (χ0) is 8.10. The first-order valence-electron chi connectivity index (χ1n) is 3.88. The van der Waals surface area contributed by atoms with Crippen LogP contribution in [0.4, 0.5) is 4.79 Å². The Kier molecular flexibility index (Phi) is 3.16. The second-order valence-corrected chi connectivity index (χ2v) is 2.56. The molecule has 0 aromatic rings. The molecule has 1 fully saturated rings. The molecule has 1 aliphatic rings. The highest BCUT2D eigenvalue weighted by atomic mass is 16.5. The van der Waals surface area contributed by atoms with Crippen molar-refractivity contribution in [1.29, 1.82) is 0 Å². The number of methoxy groups -OCH3 is 1. The van der Waals surface area contributed by atoms with Crippen molar-refractivity contribution >= 4 is 6.09 Å². The Morgan fingerprint density at radius 2 is 2.27 bits per heavy atom. The summed E-state index contributed by atoms with van der Waals surface area (Å²) in [6, 6.07) is 0. The van der Waals surface area contributed by atoms with Gasteiger partial charge in [-0.15, -0.1) is 0 Å². The van der Waals surface area contributed by atoms with Crippen LogP contribution in [0, 0.1) is 0 Å². The summed E-state index contributed by atoms with van der Waals surface area (Å²) in [7, 11) is 1.42. The fraction of sp³-hybridized carbons (Fsp3) is 0.857. The Labute approximate surface area is 66.5 Å². The van der Waals surface area contributed by atoms with Crippen LogP contribution >= 0.6 is 0 Å². The average Bonchev–Trinajstić information content (AvgIpc) is 2.30. The van der Waals surface area contributed by atoms with Gasteiger partial charge in [0, 0.05) is 19.6 Å². The molecule has 64 valence electrons. The second-order valence-electron chi connectivity index (χ2n) is 2.56. The minimum absolute atomic E-state index is 0.214. The van der Waals surface area contributed by atoms with E-state index >= 15 is 0 Å². The summed E-state index contributed by atoms with van der Waals surface area (Å²) in [5, 5.41) is 3.21. The van der Waals surface area contributed by atoms with Gasteiger partial charge >= 0.3 is 6.09 Å². The molecule has 0 aliphatic carbocycles. The van der Waals surface area contributed by atoms with Gasteiger partial charge in [0.15, 0.2) is 0 Å². The predicted molar refractivity (Wildman–Crippen MR) is 41.5 cm³/mol. The quantitative estimate of drug-likeness (QED) is 0.541. The van der Waals surface area contributed by atoms with Gasteiger partial charge in [-0.2, -0.15) is 0 Å². The van der Waals surface area contributed by atoms with E-state index < -0.39 is 0 Å². The van der Waals surface area contributed by atoms with Crippen LogP contribution in [0.2, 0.25) is 0 Å². The van der Waals surface area contributed by atoms with E-state index in [4.69, 9.17) is 0 Å². The van der Waals surface area contributed by atoms with Crippen molar-refractivity contribution in [1.82, 2.24) is 10.2 Å². The highest BCUT2D eigenvalue weighted by molar-refractivity contribution is 5.67. The molecule has 1 amide bonds. The van der Waals surface area contributed by atoms with E-state index in [1.54, 1.807) is 4.90 Å². The molecule has 1 heterocycles. The molecule has 0 saturated carbocycles. The van der Waals surface area contributed by atoms with Gasteiger partial charge in [-0.25, -0.2) is 4.79 Å². The zero-order valence-corrected chi connectivity index (χ0v) is 6.80. The van der Waals surface area contributed by atoms with Crippen molar-refractivity contribution < 1.29 is 9.53 Å². The molecule has 1 aliphatic heterocycles. The maximum atomic E-state index is 11.0. The molecule has 0 unspecified atom stereocenters. The van der Waals surface area contributed by atoms with Gasteiger partial charge in [-0.3, -0.25) is 0 Å². The third-order valence-electron chi connectivity index (χ3n) is 1.77. The van der Waals surface area contributed by atoms with E-state index in [1.807, 2.05) is 0 Å². The number of carbonyl (C=O) groups is 1. The van der Waals surface area contributed by atoms with E-state index in [1.165, 1.54) is 7.11 Å². The molecule has 0 atom stereocenters. The summed E-state index contributed by atoms with van der Waals surface area (Å²) in [6.07, 6.45) is 0.795. The number of hydrogen-bond donors (Lipinski definition) is 1. The summed E-state index contributed by atoms with van der Waals surface area (Å²) in [5.74, 6) is 0. The monoisotopic (exact) mass is 158 g/mol. The van der Waals surface area contributed by atoms with Crippen LogP contribution in [0.5, 0.6) is 0 Å². The molecule has 0 aromatic heterocycles. The molecule has 11 heavy (non-hydrogen) atoms. The van der Waals surface area contributed by atoms with Crippen LogP contribution < -0.4 is 5.32 Å². The first-order chi connectivity index (χ1) is 5.34. The lowest BCUT2D eigenvalue weighted by Crippen LogP contribution is -2.33. The van der Waals surface area contributed by atoms with Crippen molar-refractivity contribution in [3.8, 4) is 0 Å². The van der Waals surface area contributed by atoms with Gasteiger partial charge in [-0.05, 0) is 13.0 Å². The Bertz CT molecular complexity index is 130. The van der Waals surface area contributed by atoms with Crippen LogP contribution in [-0.2, 0) is 4.74 Å². The maximum Gasteiger partial charge on any atom is 0.409 e. The maximum absolute atomic E-state index is 11.0. The number of amides is 1. The smallest absolute Gasteiger partial charge is 0.409 e. The summed E-state index contributed by atoms with van der Waals surface area (Å²) in [4.78, 5) is 12.7. The molecular weight excluding hydrogens is 144 g/mol. The molecule has 4 heteroatoms. The normalized spacial score (nSPS) is 19.2. The largest absolute Gasteiger partial charge is 0.453 e. The molecule has 0 radical (unpaired) electrons. The molecule has 4 nitrogen and oxygen atoms in total. The van der Waals surface area contributed by atoms with Gasteiger partial charge < -0.3 is 15.0 Å². The molecule has 0 spiro atoms. The summed E-state index contributed by atoms with van der Waals surface area (Å²) < 4.78 is 4.60. The number of nitrogens with one attached hydrogen (secondary N) is 1. The summed E-state index contributed by atoms with van der Waals surface area (Å²) in [5.41, 5.74) is 0. The lowest BCUT2D eigenvalue weighted by molar-refractivity contribution is 0.126. The topological polar surface area (TPSA) is 41.6 Å². The van der Waals surface area contributed by atoms with Crippen LogP contribution in [0.1, 0.15) is 6.42 Å². The number of ether oxygens (including phenoxy) is 1. The molecule has 1 rings (SSSR count). The number of hydrogen-bond acceptors (Lipinski definition) is 3. The van der Waals surface area contributed by atoms with Crippen LogP contribution in [0.3, 0.4) is 0 Å². The van der Waals surface area contributed by atoms with Gasteiger partial charge in [0.05, 0.1) is 7.11 Å². The minimum Gasteiger partial charge on any atom is -0.453 e. The van der Waals surface area contributed by atoms with E-state index in [9.17, 15) is 4.79 Å². The van der Waals surface area contributed by atoms with Crippen molar-refractivity contribution in [2.24, 2.45) is 0 Å². The summed E-state index contributed by atoms with van der Waals surface area (Å²) >= 11 is 0. The zero-order valence-electron chi connectivity index (χ0n) is 6.80. The van der Waals surface area contributed by atoms with Crippen molar-refractivity contribution in [3.63, 3.8) is 0 Å². The SMILES string of the molecule is COC(=O)N1CCCNCC1. The van der Waals surface area contributed by atoms with Crippen LogP contribution in [-0.4, -0.2) is 44.3 Å². The van der Waals surface area contributed by atoms with Crippen LogP contribution in [0.15, 0.2) is 0 Å². The second kappa shape index (κ2) is 4.18. The molecule has 0 bridgehead atoms.